The monoisotopic (exact) mass is 299 g/mol. The minimum atomic E-state index is 0.329. The van der Waals surface area contributed by atoms with Gasteiger partial charge < -0.3 is 10.6 Å². The van der Waals surface area contributed by atoms with Gasteiger partial charge in [-0.05, 0) is 29.4 Å². The Bertz CT molecular complexity index is 397. The van der Waals surface area contributed by atoms with Gasteiger partial charge in [-0.3, -0.25) is 4.90 Å². The number of aromatic nitrogens is 2. The average Bonchev–Trinajstić information content (AvgIpc) is 2.33. The normalized spacial score (nSPS) is 21.8. The third-order valence-corrected chi connectivity index (χ3v) is 3.85. The van der Waals surface area contributed by atoms with Gasteiger partial charge in [0.1, 0.15) is 5.82 Å². The molecule has 5 nitrogen and oxygen atoms in total. The molecule has 1 atom stereocenters. The summed E-state index contributed by atoms with van der Waals surface area (Å²) in [5.74, 6) is 1.24. The molecule has 2 rings (SSSR count). The summed E-state index contributed by atoms with van der Waals surface area (Å²) in [7, 11) is 2.18. The summed E-state index contributed by atoms with van der Waals surface area (Å²) in [6.07, 6.45) is 2.86. The Labute approximate surface area is 110 Å². The lowest BCUT2D eigenvalue weighted by Crippen LogP contribution is -2.51. The molecule has 0 spiro atoms. The van der Waals surface area contributed by atoms with E-state index in [1.165, 1.54) is 0 Å². The summed E-state index contributed by atoms with van der Waals surface area (Å²) in [5.41, 5.74) is 5.65. The molecule has 6 heteroatoms. The van der Waals surface area contributed by atoms with Crippen LogP contribution in [0.5, 0.6) is 0 Å². The van der Waals surface area contributed by atoms with Crippen molar-refractivity contribution in [2.24, 2.45) is 0 Å². The molecule has 0 aliphatic carbocycles. The van der Waals surface area contributed by atoms with Crippen LogP contribution in [0.15, 0.2) is 10.7 Å². The van der Waals surface area contributed by atoms with Gasteiger partial charge in [-0.25, -0.2) is 4.98 Å². The van der Waals surface area contributed by atoms with Crippen molar-refractivity contribution in [2.75, 3.05) is 37.3 Å². The van der Waals surface area contributed by atoms with Gasteiger partial charge in [-0.15, -0.1) is 0 Å². The predicted molar refractivity (Wildman–Crippen MR) is 73.1 cm³/mol. The molecule has 2 N–H and O–H groups in total. The van der Waals surface area contributed by atoms with E-state index in [0.29, 0.717) is 12.0 Å². The summed E-state index contributed by atoms with van der Waals surface area (Å²) in [5, 5.41) is 0. The number of nitrogen functional groups attached to an aromatic ring is 1. The molecule has 1 fully saturated rings. The molecule has 0 saturated carbocycles. The maximum absolute atomic E-state index is 5.65. The van der Waals surface area contributed by atoms with Crippen LogP contribution in [0.2, 0.25) is 0 Å². The molecule has 1 aromatic rings. The predicted octanol–water partition coefficient (Wildman–Crippen LogP) is 1.35. The molecular weight excluding hydrogens is 282 g/mol. The molecule has 0 bridgehead atoms. The van der Waals surface area contributed by atoms with Gasteiger partial charge in [0.05, 0.1) is 4.47 Å². The highest BCUT2D eigenvalue weighted by molar-refractivity contribution is 9.10. The second-order valence-corrected chi connectivity index (χ2v) is 5.24. The maximum Gasteiger partial charge on any atom is 0.222 e. The van der Waals surface area contributed by atoms with Crippen LogP contribution < -0.4 is 10.6 Å². The highest BCUT2D eigenvalue weighted by Crippen LogP contribution is 2.26. The molecule has 17 heavy (non-hydrogen) atoms. The van der Waals surface area contributed by atoms with E-state index in [2.05, 4.69) is 49.7 Å². The van der Waals surface area contributed by atoms with Crippen LogP contribution in [0, 0.1) is 0 Å². The molecule has 0 aromatic carbocycles. The SMILES string of the molecule is CCC1CN(c2nc(N)ncc2Br)CCN1C. The van der Waals surface area contributed by atoms with E-state index in [1.54, 1.807) is 6.20 Å². The molecule has 2 heterocycles. The van der Waals surface area contributed by atoms with Crippen molar-refractivity contribution in [1.82, 2.24) is 14.9 Å². The van der Waals surface area contributed by atoms with E-state index in [-0.39, 0.29) is 0 Å². The van der Waals surface area contributed by atoms with Crippen molar-refractivity contribution in [1.29, 1.82) is 0 Å². The molecule has 0 radical (unpaired) electrons. The lowest BCUT2D eigenvalue weighted by atomic mass is 10.1. The van der Waals surface area contributed by atoms with Crippen molar-refractivity contribution in [3.8, 4) is 0 Å². The Kier molecular flexibility index (Phi) is 3.83. The number of nitrogens with zero attached hydrogens (tertiary/aromatic N) is 4. The van der Waals surface area contributed by atoms with Gasteiger partial charge in [0.15, 0.2) is 0 Å². The smallest absolute Gasteiger partial charge is 0.222 e. The van der Waals surface area contributed by atoms with Crippen molar-refractivity contribution >= 4 is 27.7 Å². The second-order valence-electron chi connectivity index (χ2n) is 4.39. The van der Waals surface area contributed by atoms with E-state index < -0.39 is 0 Å². The summed E-state index contributed by atoms with van der Waals surface area (Å²) in [6, 6.07) is 0.576. The molecule has 1 unspecified atom stereocenters. The fraction of sp³-hybridized carbons (Fsp3) is 0.636. The quantitative estimate of drug-likeness (QED) is 0.893. The minimum absolute atomic E-state index is 0.329. The zero-order chi connectivity index (χ0) is 12.4. The lowest BCUT2D eigenvalue weighted by Gasteiger charge is -2.39. The standard InChI is InChI=1S/C11H18BrN5/c1-3-8-7-17(5-4-16(8)2)10-9(12)6-14-11(13)15-10/h6,8H,3-5,7H2,1-2H3,(H2,13,14,15). The maximum atomic E-state index is 5.65. The van der Waals surface area contributed by atoms with Crippen molar-refractivity contribution in [2.45, 2.75) is 19.4 Å². The molecule has 94 valence electrons. The molecular formula is C11H18BrN5. The Hall–Kier alpha value is -0.880. The number of anilines is 2. The largest absolute Gasteiger partial charge is 0.368 e. The Morgan fingerprint density at radius 3 is 3.00 bits per heavy atom. The van der Waals surface area contributed by atoms with Gasteiger partial charge in [-0.1, -0.05) is 6.92 Å². The number of hydrogen-bond acceptors (Lipinski definition) is 5. The number of likely N-dealkylation sites (N-methyl/N-ethyl adjacent to an activating group) is 1. The van der Waals surface area contributed by atoms with Gasteiger partial charge in [-0.2, -0.15) is 4.98 Å². The van der Waals surface area contributed by atoms with Gasteiger partial charge in [0.25, 0.3) is 0 Å². The zero-order valence-corrected chi connectivity index (χ0v) is 11.8. The number of rotatable bonds is 2. The third-order valence-electron chi connectivity index (χ3n) is 3.29. The van der Waals surface area contributed by atoms with E-state index in [4.69, 9.17) is 5.73 Å². The topological polar surface area (TPSA) is 58.3 Å². The summed E-state index contributed by atoms with van der Waals surface area (Å²) in [4.78, 5) is 13.0. The number of piperazine rings is 1. The van der Waals surface area contributed by atoms with E-state index in [9.17, 15) is 0 Å². The summed E-state index contributed by atoms with van der Waals surface area (Å²) < 4.78 is 0.908. The highest BCUT2D eigenvalue weighted by atomic mass is 79.9. The van der Waals surface area contributed by atoms with Gasteiger partial charge in [0, 0.05) is 31.9 Å². The van der Waals surface area contributed by atoms with Crippen molar-refractivity contribution in [3.63, 3.8) is 0 Å². The van der Waals surface area contributed by atoms with Crippen LogP contribution in [0.3, 0.4) is 0 Å². The van der Waals surface area contributed by atoms with Crippen LogP contribution in [0.25, 0.3) is 0 Å². The average molecular weight is 300 g/mol. The first kappa shape index (κ1) is 12.6. The van der Waals surface area contributed by atoms with Crippen LogP contribution in [-0.2, 0) is 0 Å². The van der Waals surface area contributed by atoms with Crippen LogP contribution in [0.4, 0.5) is 11.8 Å². The summed E-state index contributed by atoms with van der Waals surface area (Å²) >= 11 is 3.49. The molecule has 1 aliphatic rings. The fourth-order valence-corrected chi connectivity index (χ4v) is 2.61. The first-order valence-electron chi connectivity index (χ1n) is 5.85. The van der Waals surface area contributed by atoms with Crippen LogP contribution >= 0.6 is 15.9 Å². The summed E-state index contributed by atoms with van der Waals surface area (Å²) in [6.45, 7) is 5.23. The first-order valence-corrected chi connectivity index (χ1v) is 6.64. The number of hydrogen-bond donors (Lipinski definition) is 1. The van der Waals surface area contributed by atoms with Crippen LogP contribution in [-0.4, -0.2) is 47.6 Å². The van der Waals surface area contributed by atoms with Crippen LogP contribution in [0.1, 0.15) is 13.3 Å². The van der Waals surface area contributed by atoms with E-state index in [0.717, 1.165) is 36.3 Å². The van der Waals surface area contributed by atoms with Gasteiger partial charge >= 0.3 is 0 Å². The first-order chi connectivity index (χ1) is 8.11. The second kappa shape index (κ2) is 5.18. The van der Waals surface area contributed by atoms with E-state index in [1.807, 2.05) is 0 Å². The minimum Gasteiger partial charge on any atom is -0.368 e. The molecule has 1 aliphatic heterocycles. The molecule has 1 saturated heterocycles. The third kappa shape index (κ3) is 2.69. The number of nitrogens with two attached hydrogens (primary N) is 1. The fourth-order valence-electron chi connectivity index (χ4n) is 2.17. The highest BCUT2D eigenvalue weighted by Gasteiger charge is 2.25. The number of halogens is 1. The van der Waals surface area contributed by atoms with Gasteiger partial charge in [0.2, 0.25) is 5.95 Å². The molecule has 0 amide bonds. The van der Waals surface area contributed by atoms with Crippen molar-refractivity contribution in [3.05, 3.63) is 10.7 Å². The molecule has 1 aromatic heterocycles. The zero-order valence-electron chi connectivity index (χ0n) is 10.2. The Balaban J connectivity index is 2.20. The Morgan fingerprint density at radius 1 is 1.53 bits per heavy atom. The van der Waals surface area contributed by atoms with Crippen molar-refractivity contribution < 1.29 is 0 Å². The van der Waals surface area contributed by atoms with E-state index >= 15 is 0 Å². The Morgan fingerprint density at radius 2 is 2.29 bits per heavy atom. The lowest BCUT2D eigenvalue weighted by molar-refractivity contribution is 0.213.